The maximum absolute atomic E-state index is 11.4. The maximum atomic E-state index is 11.4. The molecule has 0 atom stereocenters. The Bertz CT molecular complexity index is 431. The van der Waals surface area contributed by atoms with Gasteiger partial charge in [-0.3, -0.25) is 0 Å². The van der Waals surface area contributed by atoms with Crippen LogP contribution in [0.3, 0.4) is 0 Å². The lowest BCUT2D eigenvalue weighted by Gasteiger charge is -1.99. The first-order chi connectivity index (χ1) is 7.29. The van der Waals surface area contributed by atoms with E-state index >= 15 is 0 Å². The minimum Gasteiger partial charge on any atom is -0.465 e. The normalized spacial score (nSPS) is 18.3. The van der Waals surface area contributed by atoms with Gasteiger partial charge >= 0.3 is 5.97 Å². The van der Waals surface area contributed by atoms with E-state index in [1.54, 1.807) is 6.08 Å². The number of ether oxygens (including phenoxy) is 1. The molecule has 0 N–H and O–H groups in total. The van der Waals surface area contributed by atoms with Gasteiger partial charge in [-0.25, -0.2) is 4.79 Å². The van der Waals surface area contributed by atoms with Crippen molar-refractivity contribution in [3.63, 3.8) is 0 Å². The van der Waals surface area contributed by atoms with Crippen molar-refractivity contribution in [1.82, 2.24) is 0 Å². The number of esters is 1. The lowest BCUT2D eigenvalue weighted by Crippen LogP contribution is -2.02. The second-order valence-electron chi connectivity index (χ2n) is 3.47. The summed E-state index contributed by atoms with van der Waals surface area (Å²) in [7, 11) is 1.40. The average Bonchev–Trinajstić information content (AvgIpc) is 2.60. The van der Waals surface area contributed by atoms with Crippen LogP contribution in [0.25, 0.3) is 0 Å². The van der Waals surface area contributed by atoms with Crippen LogP contribution in [-0.2, 0) is 9.53 Å². The average molecular weight is 200 g/mol. The third-order valence-corrected chi connectivity index (χ3v) is 2.38. The van der Waals surface area contributed by atoms with Crippen LogP contribution in [0.4, 0.5) is 0 Å². The van der Waals surface area contributed by atoms with Crippen molar-refractivity contribution < 1.29 is 9.53 Å². The van der Waals surface area contributed by atoms with Crippen LogP contribution >= 0.6 is 0 Å². The van der Waals surface area contributed by atoms with Gasteiger partial charge in [0.15, 0.2) is 0 Å². The standard InChI is InChI=1S/C13H12O2/c1-15-13(14)12-7-6-10-4-2-3-5-11(8-10)9-12/h2-7,9H,8H2,1H3. The highest BCUT2D eigenvalue weighted by Crippen LogP contribution is 2.23. The number of carbonyl (C=O) groups excluding carboxylic acids is 1. The maximum Gasteiger partial charge on any atom is 0.337 e. The van der Waals surface area contributed by atoms with Crippen molar-refractivity contribution in [3.05, 3.63) is 59.3 Å². The first kappa shape index (κ1) is 9.71. The first-order valence-electron chi connectivity index (χ1n) is 4.84. The highest BCUT2D eigenvalue weighted by molar-refractivity contribution is 5.92. The van der Waals surface area contributed by atoms with E-state index in [4.69, 9.17) is 4.74 Å². The Morgan fingerprint density at radius 2 is 1.93 bits per heavy atom. The van der Waals surface area contributed by atoms with Gasteiger partial charge in [-0.2, -0.15) is 0 Å². The fourth-order valence-corrected chi connectivity index (χ4v) is 1.61. The smallest absolute Gasteiger partial charge is 0.337 e. The molecule has 76 valence electrons. The molecule has 0 heterocycles. The predicted octanol–water partition coefficient (Wildman–Crippen LogP) is 2.47. The van der Waals surface area contributed by atoms with Crippen LogP contribution in [0.2, 0.25) is 0 Å². The van der Waals surface area contributed by atoms with Gasteiger partial charge < -0.3 is 4.74 Å². The molecule has 2 aliphatic carbocycles. The molecule has 15 heavy (non-hydrogen) atoms. The highest BCUT2D eigenvalue weighted by atomic mass is 16.5. The van der Waals surface area contributed by atoms with Crippen LogP contribution in [0.5, 0.6) is 0 Å². The third-order valence-electron chi connectivity index (χ3n) is 2.38. The van der Waals surface area contributed by atoms with Gasteiger partial charge in [0.05, 0.1) is 12.7 Å². The predicted molar refractivity (Wildman–Crippen MR) is 59.2 cm³/mol. The summed E-state index contributed by atoms with van der Waals surface area (Å²) in [5.41, 5.74) is 2.92. The van der Waals surface area contributed by atoms with Crippen molar-refractivity contribution in [1.29, 1.82) is 0 Å². The molecule has 0 radical (unpaired) electrons. The molecule has 2 rings (SSSR count). The lowest BCUT2D eigenvalue weighted by molar-refractivity contribution is -0.135. The van der Waals surface area contributed by atoms with Crippen LogP contribution in [-0.4, -0.2) is 13.1 Å². The Morgan fingerprint density at radius 3 is 2.67 bits per heavy atom. The molecule has 0 aliphatic heterocycles. The van der Waals surface area contributed by atoms with Crippen LogP contribution in [0.15, 0.2) is 59.3 Å². The number of methoxy groups -OCH3 is 1. The van der Waals surface area contributed by atoms with E-state index in [0.29, 0.717) is 5.57 Å². The number of hydrogen-bond donors (Lipinski definition) is 0. The van der Waals surface area contributed by atoms with E-state index in [2.05, 4.69) is 0 Å². The topological polar surface area (TPSA) is 26.3 Å². The molecule has 0 aromatic rings. The molecule has 2 nitrogen and oxygen atoms in total. The summed E-state index contributed by atoms with van der Waals surface area (Å²) in [5, 5.41) is 0. The van der Waals surface area contributed by atoms with Crippen molar-refractivity contribution in [2.75, 3.05) is 7.11 Å². The number of carbonyl (C=O) groups is 1. The monoisotopic (exact) mass is 200 g/mol. The van der Waals surface area contributed by atoms with E-state index in [1.165, 1.54) is 12.7 Å². The van der Waals surface area contributed by atoms with Gasteiger partial charge in [-0.1, -0.05) is 30.4 Å². The van der Waals surface area contributed by atoms with Gasteiger partial charge in [0.1, 0.15) is 0 Å². The zero-order valence-electron chi connectivity index (χ0n) is 8.57. The zero-order valence-corrected chi connectivity index (χ0v) is 8.57. The number of fused-ring (bicyclic) bond motifs is 2. The van der Waals surface area contributed by atoms with Gasteiger partial charge in [-0.05, 0) is 29.7 Å². The number of hydrogen-bond acceptors (Lipinski definition) is 2. The Morgan fingerprint density at radius 1 is 1.20 bits per heavy atom. The van der Waals surface area contributed by atoms with Crippen molar-refractivity contribution >= 4 is 5.97 Å². The summed E-state index contributed by atoms with van der Waals surface area (Å²) in [6.45, 7) is 0. The van der Waals surface area contributed by atoms with Gasteiger partial charge in [-0.15, -0.1) is 0 Å². The molecule has 0 amide bonds. The fourth-order valence-electron chi connectivity index (χ4n) is 1.61. The molecular weight excluding hydrogens is 188 g/mol. The van der Waals surface area contributed by atoms with E-state index in [1.807, 2.05) is 36.5 Å². The third kappa shape index (κ3) is 2.15. The Kier molecular flexibility index (Phi) is 2.68. The highest BCUT2D eigenvalue weighted by Gasteiger charge is 2.11. The summed E-state index contributed by atoms with van der Waals surface area (Å²) in [6.07, 6.45) is 14.5. The Hall–Kier alpha value is -1.83. The second kappa shape index (κ2) is 4.13. The molecule has 0 fully saturated rings. The van der Waals surface area contributed by atoms with Gasteiger partial charge in [0, 0.05) is 0 Å². The van der Waals surface area contributed by atoms with Crippen molar-refractivity contribution in [2.45, 2.75) is 6.42 Å². The molecule has 0 aromatic carbocycles. The molecular formula is C13H12O2. The van der Waals surface area contributed by atoms with Crippen molar-refractivity contribution in [3.8, 4) is 0 Å². The Balaban J connectivity index is 2.40. The summed E-state index contributed by atoms with van der Waals surface area (Å²) >= 11 is 0. The quantitative estimate of drug-likeness (QED) is 0.608. The molecule has 0 saturated carbocycles. The van der Waals surface area contributed by atoms with Crippen molar-refractivity contribution in [2.24, 2.45) is 0 Å². The van der Waals surface area contributed by atoms with Crippen LogP contribution in [0, 0.1) is 0 Å². The van der Waals surface area contributed by atoms with E-state index in [-0.39, 0.29) is 5.97 Å². The number of rotatable bonds is 1. The summed E-state index contributed by atoms with van der Waals surface area (Å²) in [4.78, 5) is 11.4. The van der Waals surface area contributed by atoms with Gasteiger partial charge in [0.2, 0.25) is 0 Å². The van der Waals surface area contributed by atoms with Crippen LogP contribution in [0.1, 0.15) is 6.42 Å². The van der Waals surface area contributed by atoms with Crippen LogP contribution < -0.4 is 0 Å². The summed E-state index contributed by atoms with van der Waals surface area (Å²) in [6, 6.07) is 0. The minimum atomic E-state index is -0.289. The summed E-state index contributed by atoms with van der Waals surface area (Å²) < 4.78 is 4.70. The molecule has 2 bridgehead atoms. The molecule has 0 unspecified atom stereocenters. The second-order valence-corrected chi connectivity index (χ2v) is 3.47. The SMILES string of the molecule is COC(=O)C1=CC2=CC=CC=C(C=C1)C2. The first-order valence-corrected chi connectivity index (χ1v) is 4.84. The minimum absolute atomic E-state index is 0.289. The zero-order chi connectivity index (χ0) is 10.7. The molecule has 0 aromatic heterocycles. The number of allylic oxidation sites excluding steroid dienone is 8. The van der Waals surface area contributed by atoms with E-state index < -0.39 is 0 Å². The molecule has 2 aliphatic rings. The van der Waals surface area contributed by atoms with Gasteiger partial charge in [0.25, 0.3) is 0 Å². The lowest BCUT2D eigenvalue weighted by atomic mass is 10.1. The molecule has 2 heteroatoms. The molecule has 0 saturated heterocycles. The largest absolute Gasteiger partial charge is 0.465 e. The Labute approximate surface area is 88.9 Å². The summed E-state index contributed by atoms with van der Waals surface area (Å²) in [5.74, 6) is -0.289. The van der Waals surface area contributed by atoms with E-state index in [0.717, 1.165) is 12.0 Å². The van der Waals surface area contributed by atoms with E-state index in [9.17, 15) is 4.79 Å². The molecule has 0 spiro atoms. The fraction of sp³-hybridized carbons (Fsp3) is 0.154.